The molecule has 0 aliphatic heterocycles. The molecule has 0 unspecified atom stereocenters. The third-order valence-electron chi connectivity index (χ3n) is 2.27. The summed E-state index contributed by atoms with van der Waals surface area (Å²) in [5, 5.41) is 2.94. The zero-order valence-electron chi connectivity index (χ0n) is 10.6. The number of rotatable bonds is 4. The van der Waals surface area contributed by atoms with Gasteiger partial charge >= 0.3 is 0 Å². The second-order valence-electron chi connectivity index (χ2n) is 3.88. The summed E-state index contributed by atoms with van der Waals surface area (Å²) in [6.45, 7) is 4.34. The van der Waals surface area contributed by atoms with Crippen LogP contribution in [0.2, 0.25) is 0 Å². The second-order valence-corrected chi connectivity index (χ2v) is 3.88. The molecule has 1 aromatic carbocycles. The van der Waals surface area contributed by atoms with Crippen molar-refractivity contribution < 1.29 is 13.5 Å². The lowest BCUT2D eigenvalue weighted by atomic mass is 10.3. The summed E-state index contributed by atoms with van der Waals surface area (Å²) >= 11 is 0. The first-order chi connectivity index (χ1) is 9.08. The molecule has 0 fully saturated rings. The van der Waals surface area contributed by atoms with Crippen LogP contribution >= 0.6 is 0 Å². The fourth-order valence-corrected chi connectivity index (χ4v) is 1.50. The van der Waals surface area contributed by atoms with Crippen molar-refractivity contribution >= 4 is 5.95 Å². The Kier molecular flexibility index (Phi) is 3.89. The standard InChI is InChI=1S/C13H13F2N3O/c1-3-16-13-17-8(2)6-12(18-13)19-11-5-4-9(14)7-10(11)15/h4-7H,3H2,1-2H3,(H,16,17,18). The van der Waals surface area contributed by atoms with Gasteiger partial charge in [0.15, 0.2) is 11.6 Å². The van der Waals surface area contributed by atoms with Crippen LogP contribution in [-0.2, 0) is 0 Å². The van der Waals surface area contributed by atoms with Crippen LogP contribution in [0.5, 0.6) is 11.6 Å². The predicted octanol–water partition coefficient (Wildman–Crippen LogP) is 3.29. The van der Waals surface area contributed by atoms with E-state index in [0.29, 0.717) is 18.2 Å². The summed E-state index contributed by atoms with van der Waals surface area (Å²) in [6, 6.07) is 4.67. The normalized spacial score (nSPS) is 10.3. The molecule has 1 N–H and O–H groups in total. The van der Waals surface area contributed by atoms with Gasteiger partial charge in [-0.05, 0) is 26.0 Å². The summed E-state index contributed by atoms with van der Waals surface area (Å²) in [6.07, 6.45) is 0. The van der Waals surface area contributed by atoms with Crippen molar-refractivity contribution in [2.24, 2.45) is 0 Å². The van der Waals surface area contributed by atoms with Crippen molar-refractivity contribution in [3.63, 3.8) is 0 Å². The van der Waals surface area contributed by atoms with Crippen LogP contribution in [0.3, 0.4) is 0 Å². The Morgan fingerprint density at radius 1 is 1.21 bits per heavy atom. The average molecular weight is 265 g/mol. The fraction of sp³-hybridized carbons (Fsp3) is 0.231. The maximum absolute atomic E-state index is 13.5. The number of hydrogen-bond donors (Lipinski definition) is 1. The molecule has 0 aliphatic carbocycles. The highest BCUT2D eigenvalue weighted by atomic mass is 19.1. The predicted molar refractivity (Wildman–Crippen MR) is 67.4 cm³/mol. The minimum absolute atomic E-state index is 0.0815. The van der Waals surface area contributed by atoms with Gasteiger partial charge in [-0.1, -0.05) is 0 Å². The molecule has 4 nitrogen and oxygen atoms in total. The number of nitrogens with zero attached hydrogens (tertiary/aromatic N) is 2. The zero-order valence-corrected chi connectivity index (χ0v) is 10.6. The Hall–Kier alpha value is -2.24. The van der Waals surface area contributed by atoms with E-state index in [1.54, 1.807) is 13.0 Å². The van der Waals surface area contributed by atoms with Gasteiger partial charge in [0.05, 0.1) is 0 Å². The van der Waals surface area contributed by atoms with Gasteiger partial charge in [-0.3, -0.25) is 0 Å². The van der Waals surface area contributed by atoms with Gasteiger partial charge in [0.25, 0.3) is 0 Å². The van der Waals surface area contributed by atoms with E-state index in [4.69, 9.17) is 4.74 Å². The molecule has 0 atom stereocenters. The monoisotopic (exact) mass is 265 g/mol. The molecule has 1 aromatic heterocycles. The Bertz CT molecular complexity index is 590. The highest BCUT2D eigenvalue weighted by molar-refractivity contribution is 5.34. The van der Waals surface area contributed by atoms with E-state index in [1.165, 1.54) is 6.07 Å². The molecular weight excluding hydrogens is 252 g/mol. The van der Waals surface area contributed by atoms with Crippen LogP contribution in [0, 0.1) is 18.6 Å². The number of aryl methyl sites for hydroxylation is 1. The summed E-state index contributed by atoms with van der Waals surface area (Å²) in [5.74, 6) is -0.908. The van der Waals surface area contributed by atoms with Gasteiger partial charge in [-0.15, -0.1) is 0 Å². The topological polar surface area (TPSA) is 47.0 Å². The molecule has 2 aromatic rings. The molecule has 0 spiro atoms. The Balaban J connectivity index is 2.27. The van der Waals surface area contributed by atoms with Crippen molar-refractivity contribution in [3.05, 3.63) is 41.6 Å². The van der Waals surface area contributed by atoms with Crippen LogP contribution in [0.4, 0.5) is 14.7 Å². The van der Waals surface area contributed by atoms with Crippen molar-refractivity contribution in [2.75, 3.05) is 11.9 Å². The molecule has 1 heterocycles. The lowest BCUT2D eigenvalue weighted by Crippen LogP contribution is -2.04. The molecule has 0 saturated carbocycles. The van der Waals surface area contributed by atoms with Crippen LogP contribution in [-0.4, -0.2) is 16.5 Å². The number of nitrogens with one attached hydrogen (secondary N) is 1. The molecule has 0 amide bonds. The summed E-state index contributed by atoms with van der Waals surface area (Å²) in [4.78, 5) is 8.22. The van der Waals surface area contributed by atoms with Crippen molar-refractivity contribution in [2.45, 2.75) is 13.8 Å². The van der Waals surface area contributed by atoms with Gasteiger partial charge in [0.1, 0.15) is 5.82 Å². The lowest BCUT2D eigenvalue weighted by Gasteiger charge is -2.08. The van der Waals surface area contributed by atoms with E-state index in [9.17, 15) is 8.78 Å². The summed E-state index contributed by atoms with van der Waals surface area (Å²) in [5.41, 5.74) is 0.684. The molecule has 6 heteroatoms. The largest absolute Gasteiger partial charge is 0.436 e. The Morgan fingerprint density at radius 2 is 2.00 bits per heavy atom. The third kappa shape index (κ3) is 3.37. The van der Waals surface area contributed by atoms with E-state index < -0.39 is 11.6 Å². The molecule has 2 rings (SSSR count). The van der Waals surface area contributed by atoms with Crippen LogP contribution in [0.15, 0.2) is 24.3 Å². The maximum atomic E-state index is 13.5. The molecule has 0 aliphatic rings. The number of halogens is 2. The summed E-state index contributed by atoms with van der Waals surface area (Å²) in [7, 11) is 0. The first-order valence-electron chi connectivity index (χ1n) is 5.81. The quantitative estimate of drug-likeness (QED) is 0.921. The molecule has 0 radical (unpaired) electrons. The number of ether oxygens (including phenoxy) is 1. The third-order valence-corrected chi connectivity index (χ3v) is 2.27. The first-order valence-corrected chi connectivity index (χ1v) is 5.81. The maximum Gasteiger partial charge on any atom is 0.226 e. The zero-order chi connectivity index (χ0) is 13.8. The Labute approximate surface area is 109 Å². The molecule has 0 bridgehead atoms. The summed E-state index contributed by atoms with van der Waals surface area (Å²) < 4.78 is 31.5. The first kappa shape index (κ1) is 13.2. The highest BCUT2D eigenvalue weighted by Gasteiger charge is 2.08. The van der Waals surface area contributed by atoms with E-state index in [0.717, 1.165) is 12.1 Å². The number of aromatic nitrogens is 2. The van der Waals surface area contributed by atoms with Crippen LogP contribution in [0.1, 0.15) is 12.6 Å². The van der Waals surface area contributed by atoms with Crippen LogP contribution < -0.4 is 10.1 Å². The van der Waals surface area contributed by atoms with Gasteiger partial charge in [0, 0.05) is 24.4 Å². The second kappa shape index (κ2) is 5.60. The van der Waals surface area contributed by atoms with E-state index in [-0.39, 0.29) is 11.6 Å². The van der Waals surface area contributed by atoms with Crippen molar-refractivity contribution in [1.82, 2.24) is 9.97 Å². The molecule has 19 heavy (non-hydrogen) atoms. The van der Waals surface area contributed by atoms with Gasteiger partial charge in [-0.2, -0.15) is 4.98 Å². The molecule has 0 saturated heterocycles. The Morgan fingerprint density at radius 3 is 2.68 bits per heavy atom. The fourth-order valence-electron chi connectivity index (χ4n) is 1.50. The molecule has 100 valence electrons. The van der Waals surface area contributed by atoms with E-state index in [1.807, 2.05) is 6.92 Å². The minimum Gasteiger partial charge on any atom is -0.436 e. The van der Waals surface area contributed by atoms with Crippen molar-refractivity contribution in [1.29, 1.82) is 0 Å². The molecular formula is C13H13F2N3O. The number of benzene rings is 1. The lowest BCUT2D eigenvalue weighted by molar-refractivity contribution is 0.423. The minimum atomic E-state index is -0.777. The van der Waals surface area contributed by atoms with Gasteiger partial charge in [0.2, 0.25) is 11.8 Å². The average Bonchev–Trinajstić information content (AvgIpc) is 2.32. The van der Waals surface area contributed by atoms with Gasteiger partial charge in [-0.25, -0.2) is 13.8 Å². The SMILES string of the molecule is CCNc1nc(C)cc(Oc2ccc(F)cc2F)n1. The van der Waals surface area contributed by atoms with Gasteiger partial charge < -0.3 is 10.1 Å². The van der Waals surface area contributed by atoms with E-state index in [2.05, 4.69) is 15.3 Å². The van der Waals surface area contributed by atoms with E-state index >= 15 is 0 Å². The number of hydrogen-bond acceptors (Lipinski definition) is 4. The van der Waals surface area contributed by atoms with Crippen molar-refractivity contribution in [3.8, 4) is 11.6 Å². The number of anilines is 1. The highest BCUT2D eigenvalue weighted by Crippen LogP contribution is 2.24. The van der Waals surface area contributed by atoms with Crippen LogP contribution in [0.25, 0.3) is 0 Å². The smallest absolute Gasteiger partial charge is 0.226 e.